The summed E-state index contributed by atoms with van der Waals surface area (Å²) in [4.78, 5) is 14.0. The number of hydrogen-bond acceptors (Lipinski definition) is 3. The lowest BCUT2D eigenvalue weighted by atomic mass is 9.95. The molecule has 1 heterocycles. The third-order valence-corrected chi connectivity index (χ3v) is 3.25. The van der Waals surface area contributed by atoms with E-state index in [2.05, 4.69) is 31.1 Å². The summed E-state index contributed by atoms with van der Waals surface area (Å²) in [5, 5.41) is 0. The molecule has 1 amide bonds. The summed E-state index contributed by atoms with van der Waals surface area (Å²) in [5.74, 6) is 5.48. The first-order valence-corrected chi connectivity index (χ1v) is 5.84. The molecule has 1 aliphatic heterocycles. The van der Waals surface area contributed by atoms with Crippen molar-refractivity contribution < 1.29 is 4.79 Å². The number of hydrogen-bond donors (Lipinski definition) is 2. The molecule has 1 rings (SSSR count). The smallest absolute Gasteiger partial charge is 0.251 e. The van der Waals surface area contributed by atoms with Gasteiger partial charge in [-0.3, -0.25) is 15.1 Å². The molecule has 4 heteroatoms. The van der Waals surface area contributed by atoms with Crippen molar-refractivity contribution in [3.05, 3.63) is 0 Å². The number of nitrogens with zero attached hydrogens (tertiary/aromatic N) is 1. The summed E-state index contributed by atoms with van der Waals surface area (Å²) in [6.45, 7) is 7.35. The molecule has 4 nitrogen and oxygen atoms in total. The summed E-state index contributed by atoms with van der Waals surface area (Å²) in [5.41, 5.74) is 2.28. The molecule has 0 bridgehead atoms. The number of amides is 1. The van der Waals surface area contributed by atoms with Crippen molar-refractivity contribution in [1.29, 1.82) is 0 Å². The number of nitrogens with two attached hydrogens (primary N) is 1. The van der Waals surface area contributed by atoms with Gasteiger partial charge in [-0.05, 0) is 32.2 Å². The number of rotatable bonds is 3. The van der Waals surface area contributed by atoms with Crippen LogP contribution in [0.4, 0.5) is 0 Å². The Morgan fingerprint density at radius 3 is 2.60 bits per heavy atom. The summed E-state index contributed by atoms with van der Waals surface area (Å²) in [6.07, 6.45) is 3.64. The monoisotopic (exact) mass is 213 g/mol. The molecule has 0 unspecified atom stereocenters. The average molecular weight is 213 g/mol. The van der Waals surface area contributed by atoms with Crippen molar-refractivity contribution in [3.8, 4) is 0 Å². The Bertz CT molecular complexity index is 218. The average Bonchev–Trinajstić information content (AvgIpc) is 2.20. The minimum absolute atomic E-state index is 0.0567. The van der Waals surface area contributed by atoms with Crippen LogP contribution in [0.3, 0.4) is 0 Å². The van der Waals surface area contributed by atoms with E-state index in [9.17, 15) is 4.79 Å². The second-order valence-electron chi connectivity index (χ2n) is 4.78. The van der Waals surface area contributed by atoms with Crippen molar-refractivity contribution >= 4 is 5.91 Å². The Balaban J connectivity index is 2.73. The van der Waals surface area contributed by atoms with Crippen molar-refractivity contribution in [2.75, 3.05) is 6.54 Å². The fourth-order valence-corrected chi connectivity index (χ4v) is 2.46. The highest BCUT2D eigenvalue weighted by molar-refractivity contribution is 5.81. The van der Waals surface area contributed by atoms with Gasteiger partial charge in [0.05, 0.1) is 6.04 Å². The molecule has 0 saturated carbocycles. The minimum atomic E-state index is -0.0784. The van der Waals surface area contributed by atoms with Gasteiger partial charge in [0.1, 0.15) is 0 Å². The van der Waals surface area contributed by atoms with E-state index in [-0.39, 0.29) is 11.9 Å². The van der Waals surface area contributed by atoms with Gasteiger partial charge in [0, 0.05) is 6.04 Å². The molecule has 1 fully saturated rings. The molecule has 2 atom stereocenters. The predicted octanol–water partition coefficient (Wildman–Crippen LogP) is 0.875. The summed E-state index contributed by atoms with van der Waals surface area (Å²) >= 11 is 0. The first-order chi connectivity index (χ1) is 7.07. The quantitative estimate of drug-likeness (QED) is 0.415. The van der Waals surface area contributed by atoms with Crippen molar-refractivity contribution in [1.82, 2.24) is 10.3 Å². The van der Waals surface area contributed by atoms with Crippen molar-refractivity contribution in [2.24, 2.45) is 11.8 Å². The zero-order chi connectivity index (χ0) is 11.4. The number of carbonyl (C=O) groups excluding carboxylic acids is 1. The Hall–Kier alpha value is -0.610. The van der Waals surface area contributed by atoms with E-state index >= 15 is 0 Å². The van der Waals surface area contributed by atoms with E-state index in [0.717, 1.165) is 6.54 Å². The van der Waals surface area contributed by atoms with Gasteiger partial charge in [0.25, 0.3) is 5.91 Å². The van der Waals surface area contributed by atoms with Crippen LogP contribution in [0.5, 0.6) is 0 Å². The highest BCUT2D eigenvalue weighted by atomic mass is 16.2. The third kappa shape index (κ3) is 2.92. The van der Waals surface area contributed by atoms with Gasteiger partial charge in [0.2, 0.25) is 0 Å². The van der Waals surface area contributed by atoms with Crippen molar-refractivity contribution in [3.63, 3.8) is 0 Å². The van der Waals surface area contributed by atoms with Gasteiger partial charge in [-0.2, -0.15) is 0 Å². The Labute approximate surface area is 92.2 Å². The Kier molecular flexibility index (Phi) is 4.54. The Morgan fingerprint density at radius 2 is 2.13 bits per heavy atom. The summed E-state index contributed by atoms with van der Waals surface area (Å²) in [7, 11) is 0. The van der Waals surface area contributed by atoms with Crippen LogP contribution in [0.2, 0.25) is 0 Å². The summed E-state index contributed by atoms with van der Waals surface area (Å²) in [6, 6.07) is 0.411. The second-order valence-corrected chi connectivity index (χ2v) is 4.78. The van der Waals surface area contributed by atoms with Crippen LogP contribution in [-0.4, -0.2) is 29.4 Å². The molecule has 0 spiro atoms. The number of piperidine rings is 1. The lowest BCUT2D eigenvalue weighted by molar-refractivity contribution is -0.129. The maximum atomic E-state index is 11.7. The number of likely N-dealkylation sites (tertiary alicyclic amines) is 1. The lowest BCUT2D eigenvalue weighted by Gasteiger charge is -2.40. The molecule has 0 aliphatic carbocycles. The Morgan fingerprint density at radius 1 is 1.47 bits per heavy atom. The fourth-order valence-electron chi connectivity index (χ4n) is 2.46. The maximum absolute atomic E-state index is 11.7. The lowest BCUT2D eigenvalue weighted by Crippen LogP contribution is -2.55. The van der Waals surface area contributed by atoms with Crippen molar-refractivity contribution in [2.45, 2.75) is 52.1 Å². The largest absolute Gasteiger partial charge is 0.293 e. The topological polar surface area (TPSA) is 58.4 Å². The first-order valence-electron chi connectivity index (χ1n) is 5.84. The van der Waals surface area contributed by atoms with E-state index in [1.54, 1.807) is 0 Å². The van der Waals surface area contributed by atoms with Gasteiger partial charge in [-0.15, -0.1) is 0 Å². The molecule has 0 aromatic carbocycles. The zero-order valence-corrected chi connectivity index (χ0v) is 9.99. The van der Waals surface area contributed by atoms with Crippen LogP contribution in [0, 0.1) is 5.92 Å². The molecule has 1 saturated heterocycles. The van der Waals surface area contributed by atoms with Gasteiger partial charge in [-0.25, -0.2) is 5.84 Å². The van der Waals surface area contributed by atoms with Gasteiger partial charge in [-0.1, -0.05) is 20.3 Å². The molecule has 0 aromatic heterocycles. The third-order valence-electron chi connectivity index (χ3n) is 3.25. The van der Waals surface area contributed by atoms with Gasteiger partial charge < -0.3 is 0 Å². The molecule has 1 aliphatic rings. The highest BCUT2D eigenvalue weighted by Crippen LogP contribution is 2.22. The van der Waals surface area contributed by atoms with Crippen LogP contribution >= 0.6 is 0 Å². The SMILES string of the molecule is CC(C)[C@H](C(=O)NN)N1CCCC[C@@H]1C. The van der Waals surface area contributed by atoms with Crippen LogP contribution in [0.15, 0.2) is 0 Å². The van der Waals surface area contributed by atoms with Crippen LogP contribution in [0.25, 0.3) is 0 Å². The van der Waals surface area contributed by atoms with Crippen LogP contribution < -0.4 is 11.3 Å². The van der Waals surface area contributed by atoms with Crippen LogP contribution in [-0.2, 0) is 4.79 Å². The molecule has 15 heavy (non-hydrogen) atoms. The zero-order valence-electron chi connectivity index (χ0n) is 9.99. The number of hydrazine groups is 1. The molecule has 0 aromatic rings. The molecular formula is C11H23N3O. The van der Waals surface area contributed by atoms with E-state index in [0.29, 0.717) is 12.0 Å². The van der Waals surface area contributed by atoms with Crippen LogP contribution in [0.1, 0.15) is 40.0 Å². The number of nitrogens with one attached hydrogen (secondary N) is 1. The molecular weight excluding hydrogens is 190 g/mol. The number of carbonyl (C=O) groups is 1. The van der Waals surface area contributed by atoms with E-state index in [4.69, 9.17) is 5.84 Å². The highest BCUT2D eigenvalue weighted by Gasteiger charge is 2.32. The normalized spacial score (nSPS) is 25.3. The van der Waals surface area contributed by atoms with Gasteiger partial charge >= 0.3 is 0 Å². The maximum Gasteiger partial charge on any atom is 0.251 e. The van der Waals surface area contributed by atoms with E-state index in [1.165, 1.54) is 19.3 Å². The standard InChI is InChI=1S/C11H23N3O/c1-8(2)10(11(15)13-12)14-7-5-4-6-9(14)3/h8-10H,4-7,12H2,1-3H3,(H,13,15)/t9-,10+/m0/s1. The van der Waals surface area contributed by atoms with Gasteiger partial charge in [0.15, 0.2) is 0 Å². The van der Waals surface area contributed by atoms with E-state index < -0.39 is 0 Å². The molecule has 3 N–H and O–H groups in total. The first kappa shape index (κ1) is 12.5. The predicted molar refractivity (Wildman–Crippen MR) is 61.0 cm³/mol. The second kappa shape index (κ2) is 5.47. The molecule has 88 valence electrons. The molecule has 0 radical (unpaired) electrons. The summed E-state index contributed by atoms with van der Waals surface area (Å²) < 4.78 is 0. The fraction of sp³-hybridized carbons (Fsp3) is 0.909. The van der Waals surface area contributed by atoms with E-state index in [1.807, 2.05) is 0 Å². The minimum Gasteiger partial charge on any atom is -0.293 e.